The Kier molecular flexibility index (Phi) is 2.63. The minimum Gasteiger partial charge on any atom is -0.327 e. The summed E-state index contributed by atoms with van der Waals surface area (Å²) in [4.78, 5) is 8.69. The molecule has 3 nitrogen and oxygen atoms in total. The van der Waals surface area contributed by atoms with Crippen LogP contribution in [0.25, 0.3) is 22.4 Å². The van der Waals surface area contributed by atoms with Crippen molar-refractivity contribution in [3.05, 3.63) is 46.9 Å². The summed E-state index contributed by atoms with van der Waals surface area (Å²) in [7, 11) is 1.93. The Morgan fingerprint density at radius 1 is 1.17 bits per heavy atom. The predicted octanol–water partition coefficient (Wildman–Crippen LogP) is 3.54. The second-order valence-electron chi connectivity index (χ2n) is 3.97. The molecule has 3 rings (SSSR count). The van der Waals surface area contributed by atoms with Crippen molar-refractivity contribution >= 4 is 27.0 Å². The van der Waals surface area contributed by atoms with Crippen molar-refractivity contribution in [1.29, 1.82) is 0 Å². The Labute approximate surface area is 111 Å². The monoisotopic (exact) mass is 305 g/mol. The molecule has 1 aromatic carbocycles. The number of rotatable bonds is 1. The Hall–Kier alpha value is -1.75. The summed E-state index contributed by atoms with van der Waals surface area (Å²) in [6.45, 7) is 0. The molecule has 5 heteroatoms. The van der Waals surface area contributed by atoms with E-state index in [1.807, 2.05) is 17.7 Å². The van der Waals surface area contributed by atoms with Gasteiger partial charge < -0.3 is 4.57 Å². The lowest BCUT2D eigenvalue weighted by molar-refractivity contribution is 0.628. The molecule has 0 spiro atoms. The average molecular weight is 306 g/mol. The fraction of sp³-hybridized carbons (Fsp3) is 0.0769. The number of halogens is 2. The molecule has 90 valence electrons. The van der Waals surface area contributed by atoms with Gasteiger partial charge in [-0.2, -0.15) is 0 Å². The Balaban J connectivity index is 2.27. The zero-order valence-corrected chi connectivity index (χ0v) is 11.1. The van der Waals surface area contributed by atoms with Gasteiger partial charge in [-0.15, -0.1) is 0 Å². The maximum atomic E-state index is 12.9. The van der Waals surface area contributed by atoms with Crippen LogP contribution < -0.4 is 0 Å². The minimum absolute atomic E-state index is 0.250. The number of imidazole rings is 1. The van der Waals surface area contributed by atoms with Crippen LogP contribution in [-0.2, 0) is 7.05 Å². The maximum Gasteiger partial charge on any atom is 0.140 e. The summed E-state index contributed by atoms with van der Waals surface area (Å²) in [5.74, 6) is 0.541. The van der Waals surface area contributed by atoms with Crippen molar-refractivity contribution in [2.75, 3.05) is 0 Å². The van der Waals surface area contributed by atoms with Crippen molar-refractivity contribution in [2.45, 2.75) is 0 Å². The van der Waals surface area contributed by atoms with Gasteiger partial charge in [-0.25, -0.2) is 14.4 Å². The van der Waals surface area contributed by atoms with Crippen LogP contribution in [0.5, 0.6) is 0 Å². The van der Waals surface area contributed by atoms with Gasteiger partial charge in [0.15, 0.2) is 0 Å². The molecule has 0 atom stereocenters. The van der Waals surface area contributed by atoms with Crippen molar-refractivity contribution in [1.82, 2.24) is 14.5 Å². The third kappa shape index (κ3) is 1.71. The van der Waals surface area contributed by atoms with Gasteiger partial charge in [0.25, 0.3) is 0 Å². The van der Waals surface area contributed by atoms with Gasteiger partial charge >= 0.3 is 0 Å². The van der Waals surface area contributed by atoms with E-state index in [1.165, 1.54) is 12.1 Å². The third-order valence-electron chi connectivity index (χ3n) is 2.86. The number of hydrogen-bond acceptors (Lipinski definition) is 2. The number of aryl methyl sites for hydroxylation is 1. The minimum atomic E-state index is -0.250. The maximum absolute atomic E-state index is 12.9. The lowest BCUT2D eigenvalue weighted by atomic mass is 10.2. The molecule has 2 aromatic heterocycles. The van der Waals surface area contributed by atoms with E-state index < -0.39 is 0 Å². The molecule has 0 bridgehead atoms. The first-order valence-electron chi connectivity index (χ1n) is 5.39. The lowest BCUT2D eigenvalue weighted by Crippen LogP contribution is -1.92. The van der Waals surface area contributed by atoms with Crippen molar-refractivity contribution in [3.8, 4) is 11.4 Å². The van der Waals surface area contributed by atoms with Crippen molar-refractivity contribution < 1.29 is 4.39 Å². The zero-order chi connectivity index (χ0) is 12.7. The highest BCUT2D eigenvalue weighted by Crippen LogP contribution is 2.26. The van der Waals surface area contributed by atoms with Crippen molar-refractivity contribution in [3.63, 3.8) is 0 Å². The molecule has 18 heavy (non-hydrogen) atoms. The number of benzene rings is 1. The van der Waals surface area contributed by atoms with E-state index in [2.05, 4.69) is 25.9 Å². The fourth-order valence-electron chi connectivity index (χ4n) is 1.95. The first kappa shape index (κ1) is 11.3. The van der Waals surface area contributed by atoms with Crippen LogP contribution in [0.2, 0.25) is 0 Å². The molecule has 0 N–H and O–H groups in total. The number of fused-ring (bicyclic) bond motifs is 1. The van der Waals surface area contributed by atoms with Crippen LogP contribution >= 0.6 is 15.9 Å². The molecule has 2 heterocycles. The summed E-state index contributed by atoms with van der Waals surface area (Å²) in [6, 6.07) is 8.21. The molecule has 0 aliphatic carbocycles. The normalized spacial score (nSPS) is 11.1. The summed E-state index contributed by atoms with van der Waals surface area (Å²) in [5.41, 5.74) is 2.66. The van der Waals surface area contributed by atoms with Gasteiger partial charge in [-0.3, -0.25) is 0 Å². The second kappa shape index (κ2) is 4.17. The molecule has 0 amide bonds. The molecule has 0 saturated carbocycles. The van der Waals surface area contributed by atoms with Gasteiger partial charge in [-0.05, 0) is 46.3 Å². The molecule has 0 radical (unpaired) electrons. The number of pyridine rings is 1. The fourth-order valence-corrected chi connectivity index (χ4v) is 2.36. The number of hydrogen-bond donors (Lipinski definition) is 0. The topological polar surface area (TPSA) is 30.7 Å². The highest BCUT2D eigenvalue weighted by Gasteiger charge is 2.12. The largest absolute Gasteiger partial charge is 0.327 e. The van der Waals surface area contributed by atoms with Gasteiger partial charge in [0, 0.05) is 18.8 Å². The number of aromatic nitrogens is 3. The number of nitrogens with zero attached hydrogens (tertiary/aromatic N) is 3. The van der Waals surface area contributed by atoms with Gasteiger partial charge in [0.05, 0.1) is 5.52 Å². The Bertz CT molecular complexity index is 719. The van der Waals surface area contributed by atoms with Crippen LogP contribution in [0.1, 0.15) is 0 Å². The standard InChI is InChI=1S/C13H9BrFN3/c1-18-10-6-7-16-12(14)11(10)17-13(18)8-2-4-9(15)5-3-8/h2-7H,1H3. The van der Waals surface area contributed by atoms with Crippen LogP contribution in [-0.4, -0.2) is 14.5 Å². The average Bonchev–Trinajstić information content (AvgIpc) is 2.70. The van der Waals surface area contributed by atoms with Crippen LogP contribution in [0.15, 0.2) is 41.1 Å². The van der Waals surface area contributed by atoms with E-state index in [9.17, 15) is 4.39 Å². The summed E-state index contributed by atoms with van der Waals surface area (Å²) >= 11 is 3.38. The van der Waals surface area contributed by atoms with E-state index in [0.717, 1.165) is 22.4 Å². The van der Waals surface area contributed by atoms with Crippen LogP contribution in [0.4, 0.5) is 4.39 Å². The molecule has 0 unspecified atom stereocenters. The Morgan fingerprint density at radius 2 is 1.89 bits per heavy atom. The molecule has 0 saturated heterocycles. The van der Waals surface area contributed by atoms with Crippen LogP contribution in [0.3, 0.4) is 0 Å². The highest BCUT2D eigenvalue weighted by atomic mass is 79.9. The lowest BCUT2D eigenvalue weighted by Gasteiger charge is -2.01. The third-order valence-corrected chi connectivity index (χ3v) is 3.44. The molecule has 0 aliphatic heterocycles. The molecular formula is C13H9BrFN3. The highest BCUT2D eigenvalue weighted by molar-refractivity contribution is 9.10. The van der Waals surface area contributed by atoms with E-state index in [0.29, 0.717) is 4.60 Å². The van der Waals surface area contributed by atoms with Gasteiger partial charge in [-0.1, -0.05) is 0 Å². The second-order valence-corrected chi connectivity index (χ2v) is 4.72. The molecular weight excluding hydrogens is 297 g/mol. The SMILES string of the molecule is Cn1c(-c2ccc(F)cc2)nc2c(Br)nccc21. The van der Waals surface area contributed by atoms with Crippen LogP contribution in [0, 0.1) is 5.82 Å². The van der Waals surface area contributed by atoms with Gasteiger partial charge in [0.1, 0.15) is 21.8 Å². The van der Waals surface area contributed by atoms with Crippen molar-refractivity contribution in [2.24, 2.45) is 7.05 Å². The summed E-state index contributed by atoms with van der Waals surface area (Å²) in [6.07, 6.45) is 1.72. The van der Waals surface area contributed by atoms with E-state index in [4.69, 9.17) is 0 Å². The first-order valence-corrected chi connectivity index (χ1v) is 6.19. The van der Waals surface area contributed by atoms with E-state index in [1.54, 1.807) is 18.3 Å². The van der Waals surface area contributed by atoms with E-state index >= 15 is 0 Å². The smallest absolute Gasteiger partial charge is 0.140 e. The molecule has 3 aromatic rings. The summed E-state index contributed by atoms with van der Waals surface area (Å²) < 4.78 is 15.6. The molecule has 0 aliphatic rings. The summed E-state index contributed by atoms with van der Waals surface area (Å²) in [5, 5.41) is 0. The van der Waals surface area contributed by atoms with Gasteiger partial charge in [0.2, 0.25) is 0 Å². The Morgan fingerprint density at radius 3 is 2.56 bits per heavy atom. The first-order chi connectivity index (χ1) is 8.66. The zero-order valence-electron chi connectivity index (χ0n) is 9.56. The molecule has 0 fully saturated rings. The predicted molar refractivity (Wildman–Crippen MR) is 71.6 cm³/mol. The quantitative estimate of drug-likeness (QED) is 0.644. The van der Waals surface area contributed by atoms with E-state index in [-0.39, 0.29) is 5.82 Å².